The summed E-state index contributed by atoms with van der Waals surface area (Å²) in [4.78, 5) is 51.5. The van der Waals surface area contributed by atoms with Crippen molar-refractivity contribution in [3.8, 4) is 0 Å². The first-order chi connectivity index (χ1) is 14.0. The summed E-state index contributed by atoms with van der Waals surface area (Å²) >= 11 is 9.35. The minimum atomic E-state index is -0.582. The number of carbonyl (C=O) groups is 4. The fraction of sp³-hybridized carbons (Fsp3) is 0.500. The summed E-state index contributed by atoms with van der Waals surface area (Å²) in [5.74, 6) is 1.16. The van der Waals surface area contributed by atoms with Gasteiger partial charge in [0.25, 0.3) is 0 Å². The molecular weight excluding hydrogens is 450 g/mol. The molecule has 0 bridgehead atoms. The zero-order valence-electron chi connectivity index (χ0n) is 15.5. The molecule has 7 nitrogen and oxygen atoms in total. The van der Waals surface area contributed by atoms with Crippen LogP contribution in [-0.4, -0.2) is 68.6 Å². The van der Waals surface area contributed by atoms with E-state index in [1.54, 1.807) is 6.07 Å². The van der Waals surface area contributed by atoms with Crippen LogP contribution >= 0.6 is 47.1 Å². The molecule has 156 valence electrons. The molecule has 0 radical (unpaired) electrons. The maximum Gasteiger partial charge on any atom is 0.244 e. The summed E-state index contributed by atoms with van der Waals surface area (Å²) in [5.41, 5.74) is 0. The van der Waals surface area contributed by atoms with Crippen LogP contribution in [0.2, 0.25) is 0 Å². The van der Waals surface area contributed by atoms with E-state index in [1.807, 2.05) is 11.4 Å². The lowest BCUT2D eigenvalue weighted by Crippen LogP contribution is -2.52. The minimum Gasteiger partial charge on any atom is -0.371 e. The van der Waals surface area contributed by atoms with Crippen molar-refractivity contribution in [1.82, 2.24) is 15.5 Å². The second kappa shape index (κ2) is 10.6. The van der Waals surface area contributed by atoms with Gasteiger partial charge in [0.2, 0.25) is 16.9 Å². The van der Waals surface area contributed by atoms with E-state index < -0.39 is 12.1 Å². The molecule has 1 aromatic rings. The number of Topliss-reactive ketones (excluding diaryl/α,β-unsaturated/α-hetero) is 1. The second-order valence-electron chi connectivity index (χ2n) is 6.57. The first kappa shape index (κ1) is 22.3. The van der Waals surface area contributed by atoms with Gasteiger partial charge in [-0.3, -0.25) is 19.2 Å². The fourth-order valence-corrected chi connectivity index (χ4v) is 5.93. The van der Waals surface area contributed by atoms with Crippen LogP contribution in [0.25, 0.3) is 0 Å². The molecule has 2 N–H and O–H groups in total. The molecular formula is C18H21N3O4S4. The largest absolute Gasteiger partial charge is 0.371 e. The number of carbonyl (C=O) groups excluding carboxylic acids is 4. The number of thiocarbonyl (C=S) groups is 1. The predicted molar refractivity (Wildman–Crippen MR) is 120 cm³/mol. The average molecular weight is 472 g/mol. The lowest BCUT2D eigenvalue weighted by molar-refractivity contribution is -0.137. The second-order valence-corrected chi connectivity index (χ2v) is 10.1. The number of nitrogens with zero attached hydrogens (tertiary/aromatic N) is 1. The Morgan fingerprint density at radius 1 is 1.28 bits per heavy atom. The highest BCUT2D eigenvalue weighted by Crippen LogP contribution is 2.23. The molecule has 3 rings (SSSR count). The molecule has 2 fully saturated rings. The van der Waals surface area contributed by atoms with E-state index in [1.165, 1.54) is 39.8 Å². The van der Waals surface area contributed by atoms with E-state index >= 15 is 0 Å². The van der Waals surface area contributed by atoms with Crippen molar-refractivity contribution >= 4 is 74.8 Å². The highest BCUT2D eigenvalue weighted by Gasteiger charge is 2.37. The maximum absolute atomic E-state index is 12.6. The molecule has 0 saturated carbocycles. The molecule has 2 saturated heterocycles. The van der Waals surface area contributed by atoms with Crippen molar-refractivity contribution < 1.29 is 19.2 Å². The van der Waals surface area contributed by atoms with Gasteiger partial charge >= 0.3 is 0 Å². The Bertz CT molecular complexity index is 799. The maximum atomic E-state index is 12.6. The highest BCUT2D eigenvalue weighted by molar-refractivity contribution is 8.14. The smallest absolute Gasteiger partial charge is 0.244 e. The fourth-order valence-electron chi connectivity index (χ4n) is 2.95. The summed E-state index contributed by atoms with van der Waals surface area (Å²) in [6, 6.07) is 2.57. The molecule has 1 aromatic heterocycles. The van der Waals surface area contributed by atoms with E-state index in [9.17, 15) is 19.2 Å². The van der Waals surface area contributed by atoms with E-state index in [0.717, 1.165) is 0 Å². The third kappa shape index (κ3) is 6.03. The highest BCUT2D eigenvalue weighted by atomic mass is 32.2. The Morgan fingerprint density at radius 2 is 2.10 bits per heavy atom. The van der Waals surface area contributed by atoms with Crippen molar-refractivity contribution in [3.63, 3.8) is 0 Å². The van der Waals surface area contributed by atoms with Gasteiger partial charge in [-0.2, -0.15) is 0 Å². The van der Waals surface area contributed by atoms with E-state index in [0.29, 0.717) is 46.5 Å². The van der Waals surface area contributed by atoms with Gasteiger partial charge in [-0.05, 0) is 17.9 Å². The molecule has 0 aromatic carbocycles. The number of hydrogen-bond acceptors (Lipinski definition) is 8. The number of ketones is 1. The Hall–Kier alpha value is -1.43. The van der Waals surface area contributed by atoms with Crippen LogP contribution in [-0.2, 0) is 14.4 Å². The summed E-state index contributed by atoms with van der Waals surface area (Å²) < 4.78 is 0. The summed E-state index contributed by atoms with van der Waals surface area (Å²) in [6.07, 6.45) is 1.29. The van der Waals surface area contributed by atoms with E-state index in [-0.39, 0.29) is 29.3 Å². The standard InChI is InChI=1S/C18H21N3O4S4/c22-13(14-2-1-6-28-14)3-4-15(26)19-8-16(23)21-10-27-9-12(21)17(24)20-11-5-7-29-18(11)25/h1-2,6,11-12H,3-5,7-10H2,(H,19,26)(H,20,24). The van der Waals surface area contributed by atoms with Gasteiger partial charge in [-0.25, -0.2) is 0 Å². The van der Waals surface area contributed by atoms with Crippen molar-refractivity contribution in [2.45, 2.75) is 31.3 Å². The van der Waals surface area contributed by atoms with Crippen molar-refractivity contribution in [2.75, 3.05) is 23.9 Å². The van der Waals surface area contributed by atoms with Gasteiger partial charge in [-0.1, -0.05) is 30.0 Å². The van der Waals surface area contributed by atoms with Crippen molar-refractivity contribution in [3.05, 3.63) is 22.4 Å². The lowest BCUT2D eigenvalue weighted by atomic mass is 10.2. The lowest BCUT2D eigenvalue weighted by Gasteiger charge is -2.24. The zero-order valence-corrected chi connectivity index (χ0v) is 18.8. The molecule has 2 aliphatic heterocycles. The Kier molecular flexibility index (Phi) is 8.10. The number of thiophene rings is 1. The number of hydrogen-bond donors (Lipinski definition) is 2. The first-order valence-corrected chi connectivity index (χ1v) is 12.6. The molecule has 2 aliphatic rings. The predicted octanol–water partition coefficient (Wildman–Crippen LogP) is 1.68. The molecule has 29 heavy (non-hydrogen) atoms. The van der Waals surface area contributed by atoms with Gasteiger partial charge < -0.3 is 15.5 Å². The molecule has 2 atom stereocenters. The zero-order chi connectivity index (χ0) is 20.8. The quantitative estimate of drug-likeness (QED) is 0.437. The number of amides is 2. The topological polar surface area (TPSA) is 95.6 Å². The number of nitrogens with one attached hydrogen (secondary N) is 2. The molecule has 11 heteroatoms. The molecule has 2 unspecified atom stereocenters. The molecule has 0 spiro atoms. The Balaban J connectivity index is 1.42. The SMILES string of the molecule is O=C(CCC(=S)NCC(=O)N1CSCC1C(=O)NC1CCSC1=O)c1cccs1. The Morgan fingerprint density at radius 3 is 2.79 bits per heavy atom. The van der Waals surface area contributed by atoms with Gasteiger partial charge in [0.05, 0.1) is 28.3 Å². The third-order valence-electron chi connectivity index (χ3n) is 4.57. The molecule has 2 amide bonds. The van der Waals surface area contributed by atoms with Crippen LogP contribution in [0.3, 0.4) is 0 Å². The average Bonchev–Trinajstić information content (AvgIpc) is 3.46. The van der Waals surface area contributed by atoms with Crippen molar-refractivity contribution in [2.24, 2.45) is 0 Å². The van der Waals surface area contributed by atoms with E-state index in [2.05, 4.69) is 10.6 Å². The van der Waals surface area contributed by atoms with Gasteiger partial charge in [0.1, 0.15) is 6.04 Å². The Labute approximate surface area is 186 Å². The molecule has 0 aliphatic carbocycles. The van der Waals surface area contributed by atoms with Crippen LogP contribution < -0.4 is 10.6 Å². The minimum absolute atomic E-state index is 0.0193. The van der Waals surface area contributed by atoms with E-state index in [4.69, 9.17) is 12.2 Å². The summed E-state index contributed by atoms with van der Waals surface area (Å²) in [7, 11) is 0. The van der Waals surface area contributed by atoms with Crippen molar-refractivity contribution in [1.29, 1.82) is 0 Å². The first-order valence-electron chi connectivity index (χ1n) is 9.13. The van der Waals surface area contributed by atoms with Crippen LogP contribution in [0.1, 0.15) is 28.9 Å². The van der Waals surface area contributed by atoms with Crippen LogP contribution in [0.4, 0.5) is 0 Å². The van der Waals surface area contributed by atoms with Crippen LogP contribution in [0, 0.1) is 0 Å². The number of thioether (sulfide) groups is 2. The normalized spacial score (nSPS) is 21.2. The van der Waals surface area contributed by atoms with Crippen LogP contribution in [0.15, 0.2) is 17.5 Å². The van der Waals surface area contributed by atoms with Gasteiger partial charge in [-0.15, -0.1) is 23.1 Å². The van der Waals surface area contributed by atoms with Gasteiger partial charge in [0, 0.05) is 24.3 Å². The summed E-state index contributed by atoms with van der Waals surface area (Å²) in [5, 5.41) is 7.49. The third-order valence-corrected chi connectivity index (χ3v) is 7.85. The van der Waals surface area contributed by atoms with Gasteiger partial charge in [0.15, 0.2) is 5.78 Å². The number of rotatable bonds is 8. The monoisotopic (exact) mass is 471 g/mol. The summed E-state index contributed by atoms with van der Waals surface area (Å²) in [6.45, 7) is -0.0193. The molecule has 3 heterocycles. The van der Waals surface area contributed by atoms with Crippen LogP contribution in [0.5, 0.6) is 0 Å².